The van der Waals surface area contributed by atoms with E-state index >= 15 is 0 Å². The highest BCUT2D eigenvalue weighted by atomic mass is 16.5. The fourth-order valence-electron chi connectivity index (χ4n) is 1.88. The van der Waals surface area contributed by atoms with Crippen molar-refractivity contribution in [2.24, 2.45) is 5.73 Å². The van der Waals surface area contributed by atoms with E-state index in [2.05, 4.69) is 26.1 Å². The lowest BCUT2D eigenvalue weighted by Crippen LogP contribution is -2.49. The van der Waals surface area contributed by atoms with Gasteiger partial charge in [0.2, 0.25) is 5.91 Å². The zero-order chi connectivity index (χ0) is 12.2. The Kier molecular flexibility index (Phi) is 4.74. The van der Waals surface area contributed by atoms with Gasteiger partial charge in [-0.3, -0.25) is 4.79 Å². The number of hydrogen-bond donors (Lipinski definition) is 2. The molecule has 1 saturated heterocycles. The highest BCUT2D eigenvalue weighted by Gasteiger charge is 2.32. The number of nitrogens with two attached hydrogens (primary N) is 1. The molecule has 0 aromatic rings. The predicted octanol–water partition coefficient (Wildman–Crippen LogP) is 1.19. The number of amides is 1. The van der Waals surface area contributed by atoms with Crippen molar-refractivity contribution in [1.29, 1.82) is 0 Å². The molecule has 1 heterocycles. The van der Waals surface area contributed by atoms with Gasteiger partial charge >= 0.3 is 0 Å². The first-order valence-corrected chi connectivity index (χ1v) is 6.22. The molecule has 0 aromatic carbocycles. The lowest BCUT2D eigenvalue weighted by atomic mass is 9.95. The molecule has 1 aliphatic heterocycles. The second-order valence-electron chi connectivity index (χ2n) is 4.82. The Hall–Kier alpha value is -0.610. The van der Waals surface area contributed by atoms with Gasteiger partial charge in [0.25, 0.3) is 0 Å². The maximum absolute atomic E-state index is 12.0. The monoisotopic (exact) mass is 228 g/mol. The van der Waals surface area contributed by atoms with Crippen LogP contribution in [0.2, 0.25) is 0 Å². The summed E-state index contributed by atoms with van der Waals surface area (Å²) in [6, 6.07) is 0. The van der Waals surface area contributed by atoms with Crippen LogP contribution in [0.4, 0.5) is 0 Å². The average molecular weight is 228 g/mol. The third-order valence-corrected chi connectivity index (χ3v) is 3.65. The zero-order valence-corrected chi connectivity index (χ0v) is 10.6. The highest BCUT2D eigenvalue weighted by Crippen LogP contribution is 2.21. The van der Waals surface area contributed by atoms with Crippen molar-refractivity contribution < 1.29 is 9.53 Å². The van der Waals surface area contributed by atoms with E-state index < -0.39 is 0 Å². The second-order valence-corrected chi connectivity index (χ2v) is 4.82. The lowest BCUT2D eigenvalue weighted by Gasteiger charge is -2.29. The van der Waals surface area contributed by atoms with Gasteiger partial charge in [0.1, 0.15) is 6.10 Å². The van der Waals surface area contributed by atoms with Gasteiger partial charge in [0.15, 0.2) is 0 Å². The van der Waals surface area contributed by atoms with Crippen LogP contribution >= 0.6 is 0 Å². The third kappa shape index (κ3) is 3.19. The first-order valence-electron chi connectivity index (χ1n) is 6.22. The molecule has 94 valence electrons. The summed E-state index contributed by atoms with van der Waals surface area (Å²) in [4.78, 5) is 12.0. The van der Waals surface area contributed by atoms with Crippen molar-refractivity contribution in [3.63, 3.8) is 0 Å². The van der Waals surface area contributed by atoms with Crippen LogP contribution in [-0.2, 0) is 9.53 Å². The van der Waals surface area contributed by atoms with Crippen molar-refractivity contribution in [2.45, 2.75) is 64.2 Å². The van der Waals surface area contributed by atoms with Gasteiger partial charge in [-0.05, 0) is 32.6 Å². The Labute approximate surface area is 97.9 Å². The number of carbonyl (C=O) groups excluding carboxylic acids is 1. The summed E-state index contributed by atoms with van der Waals surface area (Å²) in [6.45, 7) is 6.74. The molecule has 1 amide bonds. The molecular weight excluding hydrogens is 204 g/mol. The maximum atomic E-state index is 12.0. The van der Waals surface area contributed by atoms with Crippen LogP contribution in [-0.4, -0.2) is 30.2 Å². The SMILES string of the molecule is CCC(C)(CC)NC(=O)C1CCC(CN)O1. The molecule has 1 aliphatic rings. The van der Waals surface area contributed by atoms with Crippen LogP contribution in [0.5, 0.6) is 0 Å². The van der Waals surface area contributed by atoms with Gasteiger partial charge in [-0.25, -0.2) is 0 Å². The molecule has 3 N–H and O–H groups in total. The number of ether oxygens (including phenoxy) is 1. The largest absolute Gasteiger partial charge is 0.364 e. The van der Waals surface area contributed by atoms with Crippen molar-refractivity contribution >= 4 is 5.91 Å². The minimum Gasteiger partial charge on any atom is -0.364 e. The van der Waals surface area contributed by atoms with E-state index in [4.69, 9.17) is 10.5 Å². The molecular formula is C12H24N2O2. The molecule has 1 rings (SSSR count). The number of carbonyl (C=O) groups is 1. The molecule has 16 heavy (non-hydrogen) atoms. The summed E-state index contributed by atoms with van der Waals surface area (Å²) in [5.74, 6) is 0.0159. The van der Waals surface area contributed by atoms with Gasteiger partial charge in [0.05, 0.1) is 6.10 Å². The smallest absolute Gasteiger partial charge is 0.249 e. The van der Waals surface area contributed by atoms with Gasteiger partial charge in [-0.15, -0.1) is 0 Å². The normalized spacial score (nSPS) is 25.8. The van der Waals surface area contributed by atoms with Crippen molar-refractivity contribution in [3.8, 4) is 0 Å². The summed E-state index contributed by atoms with van der Waals surface area (Å²) in [5.41, 5.74) is 5.41. The predicted molar refractivity (Wildman–Crippen MR) is 64.1 cm³/mol. The molecule has 4 nitrogen and oxygen atoms in total. The second kappa shape index (κ2) is 5.64. The summed E-state index contributed by atoms with van der Waals surface area (Å²) < 4.78 is 5.57. The summed E-state index contributed by atoms with van der Waals surface area (Å²) in [7, 11) is 0. The van der Waals surface area contributed by atoms with Gasteiger partial charge in [-0.1, -0.05) is 13.8 Å². The first kappa shape index (κ1) is 13.5. The highest BCUT2D eigenvalue weighted by molar-refractivity contribution is 5.81. The van der Waals surface area contributed by atoms with Crippen LogP contribution in [0.3, 0.4) is 0 Å². The summed E-state index contributed by atoms with van der Waals surface area (Å²) in [6.07, 6.45) is 3.31. The average Bonchev–Trinajstić information content (AvgIpc) is 2.77. The fourth-order valence-corrected chi connectivity index (χ4v) is 1.88. The molecule has 2 unspecified atom stereocenters. The van der Waals surface area contributed by atoms with Crippen LogP contribution in [0.15, 0.2) is 0 Å². The molecule has 0 bridgehead atoms. The molecule has 0 aliphatic carbocycles. The Bertz CT molecular complexity index is 239. The Balaban J connectivity index is 2.47. The van der Waals surface area contributed by atoms with E-state index in [1.807, 2.05) is 0 Å². The summed E-state index contributed by atoms with van der Waals surface area (Å²) >= 11 is 0. The number of rotatable bonds is 5. The molecule has 4 heteroatoms. The van der Waals surface area contributed by atoms with Crippen molar-refractivity contribution in [3.05, 3.63) is 0 Å². The fraction of sp³-hybridized carbons (Fsp3) is 0.917. The Morgan fingerprint density at radius 1 is 1.44 bits per heavy atom. The van der Waals surface area contributed by atoms with Gasteiger partial charge in [0, 0.05) is 12.1 Å². The maximum Gasteiger partial charge on any atom is 0.249 e. The molecule has 0 radical (unpaired) electrons. The van der Waals surface area contributed by atoms with E-state index in [1.165, 1.54) is 0 Å². The van der Waals surface area contributed by atoms with Crippen LogP contribution in [0.1, 0.15) is 46.5 Å². The number of hydrogen-bond acceptors (Lipinski definition) is 3. The van der Waals surface area contributed by atoms with Gasteiger partial charge < -0.3 is 15.8 Å². The molecule has 2 atom stereocenters. The van der Waals surface area contributed by atoms with Crippen molar-refractivity contribution in [2.75, 3.05) is 6.54 Å². The molecule has 0 saturated carbocycles. The summed E-state index contributed by atoms with van der Waals surface area (Å²) in [5, 5.41) is 3.07. The van der Waals surface area contributed by atoms with Crippen molar-refractivity contribution in [1.82, 2.24) is 5.32 Å². The molecule has 1 fully saturated rings. The van der Waals surface area contributed by atoms with E-state index in [1.54, 1.807) is 0 Å². The molecule has 0 spiro atoms. The third-order valence-electron chi connectivity index (χ3n) is 3.65. The van der Waals surface area contributed by atoms with Gasteiger partial charge in [-0.2, -0.15) is 0 Å². The van der Waals surface area contributed by atoms with Crippen LogP contribution in [0.25, 0.3) is 0 Å². The Morgan fingerprint density at radius 3 is 2.50 bits per heavy atom. The first-order chi connectivity index (χ1) is 7.54. The zero-order valence-electron chi connectivity index (χ0n) is 10.6. The van der Waals surface area contributed by atoms with Crippen LogP contribution < -0.4 is 11.1 Å². The lowest BCUT2D eigenvalue weighted by molar-refractivity contribution is -0.133. The molecule has 0 aromatic heterocycles. The minimum absolute atomic E-state index is 0.0159. The minimum atomic E-state index is -0.300. The van der Waals surface area contributed by atoms with E-state index in [0.29, 0.717) is 6.54 Å². The quantitative estimate of drug-likeness (QED) is 0.743. The number of nitrogens with one attached hydrogen (secondary N) is 1. The Morgan fingerprint density at radius 2 is 2.06 bits per heavy atom. The standard InChI is InChI=1S/C12H24N2O2/c1-4-12(3,5-2)14-11(15)10-7-6-9(8-13)16-10/h9-10H,4-8,13H2,1-3H3,(H,14,15). The van der Waals surface area contributed by atoms with E-state index in [9.17, 15) is 4.79 Å². The van der Waals surface area contributed by atoms with Crippen LogP contribution in [0, 0.1) is 0 Å². The topological polar surface area (TPSA) is 64.4 Å². The van der Waals surface area contributed by atoms with E-state index in [-0.39, 0.29) is 23.7 Å². The van der Waals surface area contributed by atoms with E-state index in [0.717, 1.165) is 25.7 Å².